The lowest BCUT2D eigenvalue weighted by atomic mass is 9.89. The molecule has 4 spiro atoms. The summed E-state index contributed by atoms with van der Waals surface area (Å²) in [6.07, 6.45) is 0. The van der Waals surface area contributed by atoms with E-state index in [0.29, 0.717) is 0 Å². The molecule has 0 atom stereocenters. The highest BCUT2D eigenvalue weighted by Crippen LogP contribution is 2.63. The molecule has 0 aliphatic carbocycles. The molecule has 1 fully saturated rings. The maximum Gasteiger partial charge on any atom is 0.392 e. The minimum absolute atomic E-state index is 0.844. The van der Waals surface area contributed by atoms with E-state index < -0.39 is 34.2 Å². The van der Waals surface area contributed by atoms with Crippen molar-refractivity contribution in [1.82, 2.24) is 0 Å². The summed E-state index contributed by atoms with van der Waals surface area (Å²) in [5.41, 5.74) is 16.9. The van der Waals surface area contributed by atoms with Crippen molar-refractivity contribution in [2.45, 2.75) is 27.7 Å². The topological polar surface area (TPSA) is 55.4 Å². The maximum atomic E-state index is 9.59. The van der Waals surface area contributed by atoms with Crippen molar-refractivity contribution >= 4 is 98.1 Å². The molecule has 0 unspecified atom stereocenters. The van der Waals surface area contributed by atoms with E-state index in [1.807, 2.05) is 27.7 Å². The van der Waals surface area contributed by atoms with Crippen LogP contribution in [0, 0.1) is 0 Å². The number of rotatable bonds is 12. The average molecular weight is 1340 g/mol. The van der Waals surface area contributed by atoms with Crippen LogP contribution < -0.4 is 20.7 Å². The highest BCUT2D eigenvalue weighted by molar-refractivity contribution is 7.24. The number of fused-ring (bicyclic) bond motifs is 10. The molecule has 0 radical (unpaired) electrons. The van der Waals surface area contributed by atoms with Gasteiger partial charge in [0.15, 0.2) is 0 Å². The van der Waals surface area contributed by atoms with Gasteiger partial charge in [-0.05, 0) is 117 Å². The van der Waals surface area contributed by atoms with Crippen molar-refractivity contribution in [3.8, 4) is 22.3 Å². The van der Waals surface area contributed by atoms with E-state index in [4.69, 9.17) is 9.47 Å². The fraction of sp³-hybridized carbons (Fsp3) is 0.0909. The predicted octanol–water partition coefficient (Wildman–Crippen LogP) is 18.1. The van der Waals surface area contributed by atoms with Crippen molar-refractivity contribution in [3.05, 3.63) is 384 Å². The summed E-state index contributed by atoms with van der Waals surface area (Å²) in [7, 11) is -18.0. The summed E-state index contributed by atoms with van der Waals surface area (Å²) >= 11 is 0. The van der Waals surface area contributed by atoms with Gasteiger partial charge in [0.1, 0.15) is 0 Å². The Balaban J connectivity index is 0.000000734. The first-order chi connectivity index (χ1) is 48.4. The van der Waals surface area contributed by atoms with E-state index >= 15 is 0 Å². The van der Waals surface area contributed by atoms with Crippen LogP contribution in [0.4, 0.5) is 0 Å². The molecule has 0 aromatic heterocycles. The summed E-state index contributed by atoms with van der Waals surface area (Å²) in [5, 5.41) is 8.16. The molecule has 0 saturated carbocycles. The van der Waals surface area contributed by atoms with Crippen LogP contribution in [0.1, 0.15) is 72.2 Å². The van der Waals surface area contributed by atoms with Gasteiger partial charge in [-0.3, -0.25) is 0 Å². The van der Waals surface area contributed by atoms with Gasteiger partial charge in [0, 0.05) is 68.0 Å². The van der Waals surface area contributed by atoms with Crippen LogP contribution in [0.3, 0.4) is 0 Å². The third kappa shape index (κ3) is 11.0. The fourth-order valence-electron chi connectivity index (χ4n) is 15.2. The number of hydrogen-bond donors (Lipinski definition) is 0. The maximum absolute atomic E-state index is 9.59. The number of allylic oxidation sites excluding steroid dienone is 4. The molecule has 1 saturated heterocycles. The van der Waals surface area contributed by atoms with Crippen molar-refractivity contribution < 1.29 is 25.9 Å². The molecular weight excluding hydrogens is 1270 g/mol. The van der Waals surface area contributed by atoms with Gasteiger partial charge in [-0.15, -0.1) is 0 Å². The van der Waals surface area contributed by atoms with Crippen molar-refractivity contribution in [2.75, 3.05) is 26.4 Å². The molecule has 12 aromatic rings. The van der Waals surface area contributed by atoms with E-state index in [-0.39, 0.29) is 0 Å². The fourth-order valence-corrected chi connectivity index (χ4v) is 39.8. The molecule has 5 heterocycles. The normalized spacial score (nSPS) is 16.2. The molecular formula is C88H76O6Si4. The van der Waals surface area contributed by atoms with Gasteiger partial charge < -0.3 is 25.9 Å². The average Bonchev–Trinajstić information content (AvgIpc) is 1.48. The van der Waals surface area contributed by atoms with E-state index in [2.05, 4.69) is 340 Å². The van der Waals surface area contributed by atoms with Crippen LogP contribution in [0.5, 0.6) is 0 Å². The van der Waals surface area contributed by atoms with Gasteiger partial charge in [-0.2, -0.15) is 0 Å². The Labute approximate surface area is 580 Å². The Morgan fingerprint density at radius 3 is 0.531 bits per heavy atom. The van der Waals surface area contributed by atoms with E-state index in [1.54, 1.807) is 0 Å². The van der Waals surface area contributed by atoms with E-state index in [9.17, 15) is 16.5 Å². The third-order valence-corrected chi connectivity index (χ3v) is 37.6. The second-order valence-electron chi connectivity index (χ2n) is 24.5. The van der Waals surface area contributed by atoms with Gasteiger partial charge in [-0.25, -0.2) is 0 Å². The van der Waals surface area contributed by atoms with Gasteiger partial charge in [0.25, 0.3) is 0 Å². The zero-order valence-corrected chi connectivity index (χ0v) is 59.6. The molecule has 0 N–H and O–H groups in total. The van der Waals surface area contributed by atoms with Crippen LogP contribution in [0.25, 0.3) is 65.3 Å². The first-order valence-electron chi connectivity index (χ1n) is 34.2. The molecule has 98 heavy (non-hydrogen) atoms. The molecule has 17 rings (SSSR count). The lowest BCUT2D eigenvalue weighted by Crippen LogP contribution is -2.80. The second-order valence-corrected chi connectivity index (χ2v) is 36.9. The quantitative estimate of drug-likeness (QED) is 0.114. The van der Waals surface area contributed by atoms with Gasteiger partial charge >= 0.3 is 34.2 Å². The molecule has 480 valence electrons. The van der Waals surface area contributed by atoms with Gasteiger partial charge in [0.2, 0.25) is 0 Å². The Morgan fingerprint density at radius 2 is 0.357 bits per heavy atom. The van der Waals surface area contributed by atoms with E-state index in [1.165, 1.54) is 0 Å². The highest BCUT2D eigenvalue weighted by atomic mass is 28.5. The van der Waals surface area contributed by atoms with Crippen LogP contribution >= 0.6 is 0 Å². The summed E-state index contributed by atoms with van der Waals surface area (Å²) in [6.45, 7) is 11.3. The molecule has 5 aliphatic heterocycles. The summed E-state index contributed by atoms with van der Waals surface area (Å²) in [4.78, 5) is 0. The Morgan fingerprint density at radius 1 is 0.194 bits per heavy atom. The molecule has 6 nitrogen and oxygen atoms in total. The molecule has 10 heteroatoms. The largest absolute Gasteiger partial charge is 0.402 e. The standard InChI is InChI=1S/C80H56O4Si4.2C4H10O/c1-9-33-57(34-10-1)73-74(58-35-11-2-12-36-58)78(62-43-19-6-20-44-62)87(77(73)61-41-17-5-18-42-61)81-85(69-53-29-25-49-65(69)66-50-26-30-54-70(66)85)83-88(84-86(82-87)71-55-31-27-51-67(71)68-52-28-32-56-72(68)86)79(63-45-21-7-22-46-63)75(59-37-13-3-14-38-59)76(60-39-15-4-16-40-60)80(88)64-47-23-8-24-48-64;2*1-3-5-4-2/h1-56H;2*3-4H2,1-2H3. The minimum Gasteiger partial charge on any atom is -0.402 e. The molecule has 0 amide bonds. The molecule has 5 aliphatic rings. The zero-order valence-electron chi connectivity index (χ0n) is 55.6. The Kier molecular flexibility index (Phi) is 18.3. The van der Waals surface area contributed by atoms with Gasteiger partial charge in [-0.1, -0.05) is 340 Å². The van der Waals surface area contributed by atoms with Crippen LogP contribution in [-0.2, 0) is 25.9 Å². The summed E-state index contributed by atoms with van der Waals surface area (Å²) in [5.74, 6) is 0. The predicted molar refractivity (Wildman–Crippen MR) is 413 cm³/mol. The van der Waals surface area contributed by atoms with Crippen LogP contribution in [0.2, 0.25) is 0 Å². The van der Waals surface area contributed by atoms with Gasteiger partial charge in [0.05, 0.1) is 0 Å². The lowest BCUT2D eigenvalue weighted by molar-refractivity contribution is 0.162. The SMILES string of the molecule is CCOCC.CCOCC.c1ccc(C2=C(c3ccccc3)[Si]3(O[Si]4(O[Si]5(O[Si]6(O3)c3ccccc3-c3ccccc36)C(c3ccccc3)=C(c3ccccc3)C(c3ccccc3)=C5c3ccccc3)c3ccccc3-c3ccccc34)C(c3ccccc3)=C2c2ccccc2)cc1. The molecule has 12 aromatic carbocycles. The first-order valence-corrected chi connectivity index (χ1v) is 41.5. The Hall–Kier alpha value is -9.77. The van der Waals surface area contributed by atoms with Crippen molar-refractivity contribution in [3.63, 3.8) is 0 Å². The van der Waals surface area contributed by atoms with Crippen LogP contribution in [0.15, 0.2) is 340 Å². The second kappa shape index (κ2) is 28.0. The Bertz CT molecular complexity index is 4320. The summed E-state index contributed by atoms with van der Waals surface area (Å²) in [6, 6.07) is 123. The number of ether oxygens (including phenoxy) is 2. The number of benzene rings is 12. The zero-order chi connectivity index (χ0) is 66.5. The number of hydrogen-bond acceptors (Lipinski definition) is 6. The monoisotopic (exact) mass is 1340 g/mol. The highest BCUT2D eigenvalue weighted by Gasteiger charge is 2.75. The van der Waals surface area contributed by atoms with E-state index in [0.717, 1.165) is 157 Å². The third-order valence-electron chi connectivity index (χ3n) is 19.0. The first kappa shape index (κ1) is 64.2. The van der Waals surface area contributed by atoms with Crippen molar-refractivity contribution in [1.29, 1.82) is 0 Å². The molecule has 0 bridgehead atoms. The van der Waals surface area contributed by atoms with Crippen LogP contribution in [-0.4, -0.2) is 60.7 Å². The minimum atomic E-state index is -4.59. The lowest BCUT2D eigenvalue weighted by Gasteiger charge is -2.53. The summed E-state index contributed by atoms with van der Waals surface area (Å²) < 4.78 is 48.0. The van der Waals surface area contributed by atoms with Crippen molar-refractivity contribution in [2.24, 2.45) is 0 Å². The smallest absolute Gasteiger partial charge is 0.392 e.